The van der Waals surface area contributed by atoms with Crippen molar-refractivity contribution in [3.63, 3.8) is 0 Å². The van der Waals surface area contributed by atoms with E-state index in [1.54, 1.807) is 6.92 Å². The summed E-state index contributed by atoms with van der Waals surface area (Å²) in [4.78, 5) is 10.6. The third kappa shape index (κ3) is 4.37. The van der Waals surface area contributed by atoms with Gasteiger partial charge >= 0.3 is 5.97 Å². The molecule has 0 fully saturated rings. The Balaban J connectivity index is 3.56. The van der Waals surface area contributed by atoms with Gasteiger partial charge in [0.15, 0.2) is 0 Å². The minimum Gasteiger partial charge on any atom is -0.481 e. The van der Waals surface area contributed by atoms with Crippen LogP contribution in [0, 0.1) is 11.8 Å². The van der Waals surface area contributed by atoms with Crippen molar-refractivity contribution in [1.82, 2.24) is 0 Å². The van der Waals surface area contributed by atoms with Crippen LogP contribution in [0.5, 0.6) is 0 Å². The Hall–Kier alpha value is -0.530. The zero-order valence-corrected chi connectivity index (χ0v) is 8.34. The highest BCUT2D eigenvalue weighted by Gasteiger charge is 2.18. The number of hydrogen-bond acceptors (Lipinski definition) is 1. The van der Waals surface area contributed by atoms with E-state index in [9.17, 15) is 4.79 Å². The SMILES string of the molecule is CCCCCC(C)C(C)C(=O)O. The lowest BCUT2D eigenvalue weighted by molar-refractivity contribution is -0.142. The number of carboxylic acids is 1. The van der Waals surface area contributed by atoms with E-state index in [0.29, 0.717) is 5.92 Å². The molecule has 0 aromatic carbocycles. The lowest BCUT2D eigenvalue weighted by atomic mass is 9.91. The van der Waals surface area contributed by atoms with Gasteiger partial charge in [-0.25, -0.2) is 0 Å². The number of rotatable bonds is 6. The zero-order valence-electron chi connectivity index (χ0n) is 8.34. The summed E-state index contributed by atoms with van der Waals surface area (Å²) in [6.07, 6.45) is 4.63. The fourth-order valence-corrected chi connectivity index (χ4v) is 1.21. The summed E-state index contributed by atoms with van der Waals surface area (Å²) in [6, 6.07) is 0. The second-order valence-electron chi connectivity index (χ2n) is 3.60. The number of carboxylic acid groups (broad SMARTS) is 1. The molecule has 0 saturated heterocycles. The number of hydrogen-bond donors (Lipinski definition) is 1. The number of unbranched alkanes of at least 4 members (excludes halogenated alkanes) is 2. The van der Waals surface area contributed by atoms with Crippen LogP contribution in [-0.4, -0.2) is 11.1 Å². The van der Waals surface area contributed by atoms with E-state index in [0.717, 1.165) is 12.8 Å². The van der Waals surface area contributed by atoms with Gasteiger partial charge in [0.05, 0.1) is 5.92 Å². The van der Waals surface area contributed by atoms with E-state index in [4.69, 9.17) is 5.11 Å². The lowest BCUT2D eigenvalue weighted by Crippen LogP contribution is -2.17. The Morgan fingerprint density at radius 1 is 1.33 bits per heavy atom. The molecule has 1 N–H and O–H groups in total. The average Bonchev–Trinajstić information content (AvgIpc) is 2.03. The molecule has 2 nitrogen and oxygen atoms in total. The summed E-state index contributed by atoms with van der Waals surface area (Å²) < 4.78 is 0. The molecule has 0 rings (SSSR count). The molecule has 2 unspecified atom stereocenters. The molecule has 0 aliphatic rings. The Bertz CT molecular complexity index is 132. The largest absolute Gasteiger partial charge is 0.481 e. The lowest BCUT2D eigenvalue weighted by Gasteiger charge is -2.14. The molecule has 2 heteroatoms. The first-order valence-corrected chi connectivity index (χ1v) is 4.82. The Labute approximate surface area is 75.0 Å². The predicted octanol–water partition coefficient (Wildman–Crippen LogP) is 2.92. The molecule has 0 amide bonds. The van der Waals surface area contributed by atoms with Gasteiger partial charge in [-0.05, 0) is 12.3 Å². The van der Waals surface area contributed by atoms with Crippen molar-refractivity contribution < 1.29 is 9.90 Å². The molecule has 0 saturated carbocycles. The first-order valence-electron chi connectivity index (χ1n) is 4.82. The molecule has 0 spiro atoms. The smallest absolute Gasteiger partial charge is 0.306 e. The van der Waals surface area contributed by atoms with E-state index in [1.165, 1.54) is 12.8 Å². The average molecular weight is 172 g/mol. The van der Waals surface area contributed by atoms with Crippen LogP contribution >= 0.6 is 0 Å². The highest BCUT2D eigenvalue weighted by atomic mass is 16.4. The van der Waals surface area contributed by atoms with E-state index >= 15 is 0 Å². The van der Waals surface area contributed by atoms with Crippen LogP contribution in [0.15, 0.2) is 0 Å². The standard InChI is InChI=1S/C10H20O2/c1-4-5-6-7-8(2)9(3)10(11)12/h8-9H,4-7H2,1-3H3,(H,11,12). The molecule has 12 heavy (non-hydrogen) atoms. The minimum absolute atomic E-state index is 0.193. The Kier molecular flexibility index (Phi) is 5.77. The highest BCUT2D eigenvalue weighted by molar-refractivity contribution is 5.69. The van der Waals surface area contributed by atoms with Crippen molar-refractivity contribution in [3.8, 4) is 0 Å². The summed E-state index contributed by atoms with van der Waals surface area (Å²) in [5, 5.41) is 8.71. The second-order valence-corrected chi connectivity index (χ2v) is 3.60. The molecule has 0 radical (unpaired) electrons. The molecule has 0 aliphatic heterocycles. The summed E-state index contributed by atoms with van der Waals surface area (Å²) in [5.74, 6) is -0.546. The van der Waals surface area contributed by atoms with Crippen LogP contribution < -0.4 is 0 Å². The highest BCUT2D eigenvalue weighted by Crippen LogP contribution is 2.18. The molecule has 0 aromatic heterocycles. The second kappa shape index (κ2) is 6.04. The van der Waals surface area contributed by atoms with E-state index in [1.807, 2.05) is 6.92 Å². The molecule has 0 aromatic rings. The topological polar surface area (TPSA) is 37.3 Å². The first kappa shape index (κ1) is 11.5. The predicted molar refractivity (Wildman–Crippen MR) is 50.1 cm³/mol. The maximum atomic E-state index is 10.6. The third-order valence-electron chi connectivity index (χ3n) is 2.51. The molecule has 72 valence electrons. The number of carbonyl (C=O) groups is 1. The molecule has 0 aliphatic carbocycles. The van der Waals surface area contributed by atoms with Crippen molar-refractivity contribution in [2.24, 2.45) is 11.8 Å². The van der Waals surface area contributed by atoms with Gasteiger partial charge in [-0.1, -0.05) is 40.0 Å². The van der Waals surface area contributed by atoms with Gasteiger partial charge in [-0.15, -0.1) is 0 Å². The van der Waals surface area contributed by atoms with Crippen molar-refractivity contribution in [2.45, 2.75) is 46.5 Å². The summed E-state index contributed by atoms with van der Waals surface area (Å²) >= 11 is 0. The van der Waals surface area contributed by atoms with E-state index < -0.39 is 5.97 Å². The third-order valence-corrected chi connectivity index (χ3v) is 2.51. The summed E-state index contributed by atoms with van der Waals surface area (Å²) in [6.45, 7) is 5.97. The molecular formula is C10H20O2. The van der Waals surface area contributed by atoms with Crippen LogP contribution in [0.25, 0.3) is 0 Å². The normalized spacial score (nSPS) is 15.6. The number of aliphatic carboxylic acids is 1. The van der Waals surface area contributed by atoms with Gasteiger partial charge < -0.3 is 5.11 Å². The van der Waals surface area contributed by atoms with Gasteiger partial charge in [-0.3, -0.25) is 4.79 Å². The monoisotopic (exact) mass is 172 g/mol. The van der Waals surface area contributed by atoms with Gasteiger partial charge in [0.1, 0.15) is 0 Å². The van der Waals surface area contributed by atoms with E-state index in [-0.39, 0.29) is 5.92 Å². The van der Waals surface area contributed by atoms with Crippen molar-refractivity contribution in [1.29, 1.82) is 0 Å². The first-order chi connectivity index (χ1) is 5.59. The molecule has 2 atom stereocenters. The van der Waals surface area contributed by atoms with Crippen LogP contribution in [-0.2, 0) is 4.79 Å². The van der Waals surface area contributed by atoms with Crippen molar-refractivity contribution in [3.05, 3.63) is 0 Å². The quantitative estimate of drug-likeness (QED) is 0.625. The Morgan fingerprint density at radius 2 is 1.92 bits per heavy atom. The molecule has 0 bridgehead atoms. The molecule has 0 heterocycles. The van der Waals surface area contributed by atoms with Crippen LogP contribution in [0.3, 0.4) is 0 Å². The van der Waals surface area contributed by atoms with Gasteiger partial charge in [0.2, 0.25) is 0 Å². The van der Waals surface area contributed by atoms with Crippen molar-refractivity contribution >= 4 is 5.97 Å². The fraction of sp³-hybridized carbons (Fsp3) is 0.900. The van der Waals surface area contributed by atoms with Gasteiger partial charge in [0.25, 0.3) is 0 Å². The van der Waals surface area contributed by atoms with Crippen LogP contribution in [0.1, 0.15) is 46.5 Å². The van der Waals surface area contributed by atoms with E-state index in [2.05, 4.69) is 6.92 Å². The van der Waals surface area contributed by atoms with Crippen LogP contribution in [0.4, 0.5) is 0 Å². The van der Waals surface area contributed by atoms with Crippen LogP contribution in [0.2, 0.25) is 0 Å². The summed E-state index contributed by atoms with van der Waals surface area (Å²) in [5.41, 5.74) is 0. The van der Waals surface area contributed by atoms with Gasteiger partial charge in [0, 0.05) is 0 Å². The maximum Gasteiger partial charge on any atom is 0.306 e. The minimum atomic E-state index is -0.668. The maximum absolute atomic E-state index is 10.6. The zero-order chi connectivity index (χ0) is 9.56. The molecular weight excluding hydrogens is 152 g/mol. The summed E-state index contributed by atoms with van der Waals surface area (Å²) in [7, 11) is 0. The fourth-order valence-electron chi connectivity index (χ4n) is 1.21. The van der Waals surface area contributed by atoms with Gasteiger partial charge in [-0.2, -0.15) is 0 Å². The van der Waals surface area contributed by atoms with Crippen molar-refractivity contribution in [2.75, 3.05) is 0 Å². The Morgan fingerprint density at radius 3 is 2.33 bits per heavy atom.